The number of nitrogens with two attached hydrogens (primary N) is 1. The van der Waals surface area contributed by atoms with E-state index in [9.17, 15) is 0 Å². The van der Waals surface area contributed by atoms with Crippen molar-refractivity contribution in [3.05, 3.63) is 18.2 Å². The molecule has 0 aliphatic heterocycles. The average molecular weight is 246 g/mol. The maximum Gasteiger partial charge on any atom is 0.203 e. The summed E-state index contributed by atoms with van der Waals surface area (Å²) in [5.41, 5.74) is 6.88. The molecule has 0 saturated heterocycles. The smallest absolute Gasteiger partial charge is 0.203 e. The highest BCUT2D eigenvalue weighted by molar-refractivity contribution is 5.62. The summed E-state index contributed by atoms with van der Waals surface area (Å²) in [5, 5.41) is 11.7. The second kappa shape index (κ2) is 3.65. The maximum absolute atomic E-state index is 6.02. The third-order valence-electron chi connectivity index (χ3n) is 4.15. The summed E-state index contributed by atoms with van der Waals surface area (Å²) in [6.45, 7) is 6.27. The number of aryl methyl sites for hydroxylation is 1. The summed E-state index contributed by atoms with van der Waals surface area (Å²) in [5.74, 6) is 1.64. The van der Waals surface area contributed by atoms with Crippen molar-refractivity contribution < 1.29 is 0 Å². The molecule has 2 aromatic heterocycles. The molecule has 0 aromatic carbocycles. The molecule has 3 rings (SSSR count). The number of fused-ring (bicyclic) bond motifs is 1. The van der Waals surface area contributed by atoms with Crippen LogP contribution in [0.3, 0.4) is 0 Å². The van der Waals surface area contributed by atoms with Gasteiger partial charge >= 0.3 is 0 Å². The van der Waals surface area contributed by atoms with Gasteiger partial charge in [-0.15, -0.1) is 10.2 Å². The Bertz CT molecular complexity index is 587. The largest absolute Gasteiger partial charge is 0.364 e. The molecule has 1 fully saturated rings. The van der Waals surface area contributed by atoms with Crippen LogP contribution in [0.15, 0.2) is 12.4 Å². The lowest BCUT2D eigenvalue weighted by atomic mass is 9.63. The minimum atomic E-state index is 0.0869. The topological polar surface area (TPSA) is 81.1 Å². The highest BCUT2D eigenvalue weighted by Gasteiger charge is 2.46. The van der Waals surface area contributed by atoms with Crippen molar-refractivity contribution in [2.75, 3.05) is 5.32 Å². The molecule has 2 unspecified atom stereocenters. The first-order valence-electron chi connectivity index (χ1n) is 6.18. The monoisotopic (exact) mass is 246 g/mol. The minimum absolute atomic E-state index is 0.0869. The zero-order valence-electron chi connectivity index (χ0n) is 10.9. The van der Waals surface area contributed by atoms with Crippen molar-refractivity contribution >= 4 is 11.5 Å². The van der Waals surface area contributed by atoms with Gasteiger partial charge in [-0.3, -0.25) is 4.40 Å². The lowest BCUT2D eigenvalue weighted by Crippen LogP contribution is -2.61. The van der Waals surface area contributed by atoms with Gasteiger partial charge in [0, 0.05) is 29.9 Å². The van der Waals surface area contributed by atoms with Crippen LogP contribution in [0.4, 0.5) is 5.82 Å². The number of hydrogen-bond donors (Lipinski definition) is 2. The highest BCUT2D eigenvalue weighted by Crippen LogP contribution is 2.40. The fourth-order valence-electron chi connectivity index (χ4n) is 2.41. The van der Waals surface area contributed by atoms with Crippen LogP contribution in [-0.2, 0) is 0 Å². The molecule has 1 aliphatic rings. The van der Waals surface area contributed by atoms with E-state index in [0.717, 1.165) is 23.7 Å². The van der Waals surface area contributed by atoms with Crippen LogP contribution >= 0.6 is 0 Å². The van der Waals surface area contributed by atoms with E-state index in [1.807, 2.05) is 17.5 Å². The summed E-state index contributed by atoms with van der Waals surface area (Å²) in [4.78, 5) is 4.36. The molecule has 0 radical (unpaired) electrons. The summed E-state index contributed by atoms with van der Waals surface area (Å²) >= 11 is 0. The molecule has 0 spiro atoms. The number of rotatable bonds is 2. The minimum Gasteiger partial charge on any atom is -0.364 e. The van der Waals surface area contributed by atoms with Gasteiger partial charge in [0.1, 0.15) is 5.82 Å². The molecule has 2 atom stereocenters. The van der Waals surface area contributed by atoms with Gasteiger partial charge in [-0.25, -0.2) is 4.98 Å². The zero-order chi connectivity index (χ0) is 12.9. The first-order chi connectivity index (χ1) is 8.50. The van der Waals surface area contributed by atoms with E-state index in [-0.39, 0.29) is 11.5 Å². The Kier molecular flexibility index (Phi) is 2.31. The lowest BCUT2D eigenvalue weighted by Gasteiger charge is -2.50. The van der Waals surface area contributed by atoms with Crippen LogP contribution in [0.25, 0.3) is 5.65 Å². The number of anilines is 1. The van der Waals surface area contributed by atoms with Crippen LogP contribution in [0.2, 0.25) is 0 Å². The molecule has 3 N–H and O–H groups in total. The van der Waals surface area contributed by atoms with Gasteiger partial charge in [0.05, 0.1) is 0 Å². The summed E-state index contributed by atoms with van der Waals surface area (Å²) in [6, 6.07) is 0.581. The van der Waals surface area contributed by atoms with Crippen LogP contribution < -0.4 is 11.1 Å². The molecule has 18 heavy (non-hydrogen) atoms. The number of aromatic nitrogens is 4. The van der Waals surface area contributed by atoms with E-state index in [4.69, 9.17) is 5.73 Å². The van der Waals surface area contributed by atoms with Crippen molar-refractivity contribution in [2.45, 2.75) is 39.3 Å². The molecule has 6 heteroatoms. The molecule has 6 nitrogen and oxygen atoms in total. The quantitative estimate of drug-likeness (QED) is 0.825. The summed E-state index contributed by atoms with van der Waals surface area (Å²) in [6.07, 6.45) is 4.59. The molecule has 0 amide bonds. The van der Waals surface area contributed by atoms with E-state index >= 15 is 0 Å². The van der Waals surface area contributed by atoms with E-state index in [1.54, 1.807) is 6.20 Å². The van der Waals surface area contributed by atoms with Crippen molar-refractivity contribution in [3.8, 4) is 0 Å². The first kappa shape index (κ1) is 11.4. The van der Waals surface area contributed by atoms with Gasteiger partial charge in [0.2, 0.25) is 5.65 Å². The van der Waals surface area contributed by atoms with Crippen LogP contribution in [0.5, 0.6) is 0 Å². The predicted molar refractivity (Wildman–Crippen MR) is 69.3 cm³/mol. The Hall–Kier alpha value is -1.69. The Morgan fingerprint density at radius 2 is 2.22 bits per heavy atom. The van der Waals surface area contributed by atoms with Crippen molar-refractivity contribution in [1.29, 1.82) is 0 Å². The fourth-order valence-corrected chi connectivity index (χ4v) is 2.41. The van der Waals surface area contributed by atoms with Crippen LogP contribution in [-0.4, -0.2) is 31.7 Å². The van der Waals surface area contributed by atoms with Gasteiger partial charge in [-0.2, -0.15) is 0 Å². The van der Waals surface area contributed by atoms with E-state index in [0.29, 0.717) is 6.04 Å². The first-order valence-corrected chi connectivity index (χ1v) is 6.18. The van der Waals surface area contributed by atoms with Gasteiger partial charge < -0.3 is 11.1 Å². The SMILES string of the molecule is Cc1nnc2c(NC3CC(N)C3(C)C)nccn12. The molecule has 1 aliphatic carbocycles. The molecule has 2 heterocycles. The predicted octanol–water partition coefficient (Wildman–Crippen LogP) is 0.970. The zero-order valence-corrected chi connectivity index (χ0v) is 10.9. The van der Waals surface area contributed by atoms with Gasteiger partial charge in [0.25, 0.3) is 0 Å². The number of nitrogens with zero attached hydrogens (tertiary/aromatic N) is 4. The maximum atomic E-state index is 6.02. The second-order valence-electron chi connectivity index (χ2n) is 5.58. The standard InChI is InChI=1S/C12H18N6/c1-7-16-17-11-10(14-4-5-18(7)11)15-9-6-8(13)12(9,2)3/h4-5,8-9H,6,13H2,1-3H3,(H,14,15). The molecule has 96 valence electrons. The van der Waals surface area contributed by atoms with Crippen molar-refractivity contribution in [2.24, 2.45) is 11.1 Å². The Balaban J connectivity index is 1.92. The molecular weight excluding hydrogens is 228 g/mol. The lowest BCUT2D eigenvalue weighted by molar-refractivity contribution is 0.117. The molecule has 2 aromatic rings. The van der Waals surface area contributed by atoms with E-state index in [2.05, 4.69) is 34.3 Å². The third-order valence-corrected chi connectivity index (χ3v) is 4.15. The number of nitrogens with one attached hydrogen (secondary N) is 1. The average Bonchev–Trinajstić information content (AvgIpc) is 2.72. The van der Waals surface area contributed by atoms with Crippen molar-refractivity contribution in [3.63, 3.8) is 0 Å². The highest BCUT2D eigenvalue weighted by atomic mass is 15.3. The van der Waals surface area contributed by atoms with Crippen LogP contribution in [0.1, 0.15) is 26.1 Å². The summed E-state index contributed by atoms with van der Waals surface area (Å²) < 4.78 is 1.93. The Morgan fingerprint density at radius 1 is 1.44 bits per heavy atom. The Morgan fingerprint density at radius 3 is 2.89 bits per heavy atom. The molecular formula is C12H18N6. The Labute approximate surface area is 106 Å². The van der Waals surface area contributed by atoms with Crippen molar-refractivity contribution in [1.82, 2.24) is 19.6 Å². The van der Waals surface area contributed by atoms with Gasteiger partial charge in [-0.1, -0.05) is 13.8 Å². The fraction of sp³-hybridized carbons (Fsp3) is 0.583. The number of hydrogen-bond acceptors (Lipinski definition) is 5. The van der Waals surface area contributed by atoms with E-state index < -0.39 is 0 Å². The normalized spacial score (nSPS) is 26.0. The van der Waals surface area contributed by atoms with Gasteiger partial charge in [0.15, 0.2) is 5.82 Å². The third kappa shape index (κ3) is 1.49. The molecule has 0 bridgehead atoms. The van der Waals surface area contributed by atoms with Crippen LogP contribution in [0, 0.1) is 12.3 Å². The van der Waals surface area contributed by atoms with Gasteiger partial charge in [-0.05, 0) is 13.3 Å². The van der Waals surface area contributed by atoms with E-state index in [1.165, 1.54) is 0 Å². The summed E-state index contributed by atoms with van der Waals surface area (Å²) in [7, 11) is 0. The second-order valence-corrected chi connectivity index (χ2v) is 5.58. The molecule has 1 saturated carbocycles.